The molecule has 7 heteroatoms. The van der Waals surface area contributed by atoms with Crippen LogP contribution in [0.5, 0.6) is 5.75 Å². The quantitative estimate of drug-likeness (QED) is 0.786. The largest absolute Gasteiger partial charge is 0.497 e. The van der Waals surface area contributed by atoms with Crippen LogP contribution in [0.1, 0.15) is 12.8 Å². The maximum absolute atomic E-state index is 11.9. The second-order valence-corrected chi connectivity index (χ2v) is 4.69. The molecule has 1 atom stereocenters. The van der Waals surface area contributed by atoms with Crippen LogP contribution in [0.2, 0.25) is 0 Å². The summed E-state index contributed by atoms with van der Waals surface area (Å²) in [7, 11) is 1.58. The van der Waals surface area contributed by atoms with Crippen LogP contribution in [-0.4, -0.2) is 37.6 Å². The highest BCUT2D eigenvalue weighted by molar-refractivity contribution is 6.39. The standard InChI is InChI=1S/C15H16N4O3/c1-22-13-4-2-11(3-5-13)19-12(6-7-16)10-14(18-19)15(21)17-8-9-20/h2-5,9,12H,6,8,10H2,1H3,(H,17,21). The Labute approximate surface area is 128 Å². The molecule has 1 aliphatic heterocycles. The van der Waals surface area contributed by atoms with Gasteiger partial charge >= 0.3 is 0 Å². The van der Waals surface area contributed by atoms with Gasteiger partial charge in [-0.05, 0) is 24.3 Å². The first-order chi connectivity index (χ1) is 10.7. The van der Waals surface area contributed by atoms with Crippen LogP contribution < -0.4 is 15.1 Å². The van der Waals surface area contributed by atoms with Gasteiger partial charge in [-0.25, -0.2) is 0 Å². The lowest BCUT2D eigenvalue weighted by molar-refractivity contribution is -0.117. The zero-order valence-corrected chi connectivity index (χ0v) is 12.2. The lowest BCUT2D eigenvalue weighted by Gasteiger charge is -2.21. The van der Waals surface area contributed by atoms with Crippen LogP contribution >= 0.6 is 0 Å². The first kappa shape index (κ1) is 15.5. The highest BCUT2D eigenvalue weighted by Crippen LogP contribution is 2.27. The van der Waals surface area contributed by atoms with Gasteiger partial charge in [-0.2, -0.15) is 10.4 Å². The minimum absolute atomic E-state index is 0.0523. The predicted molar refractivity (Wildman–Crippen MR) is 80.6 cm³/mol. The molecule has 2 rings (SSSR count). The molecule has 114 valence electrons. The average Bonchev–Trinajstić information content (AvgIpc) is 2.97. The van der Waals surface area contributed by atoms with E-state index >= 15 is 0 Å². The lowest BCUT2D eigenvalue weighted by Crippen LogP contribution is -2.32. The molecule has 0 aliphatic carbocycles. The molecule has 1 aromatic carbocycles. The summed E-state index contributed by atoms with van der Waals surface area (Å²) in [5.41, 5.74) is 1.09. The van der Waals surface area contributed by atoms with Crippen molar-refractivity contribution in [2.45, 2.75) is 18.9 Å². The van der Waals surface area contributed by atoms with Gasteiger partial charge in [-0.15, -0.1) is 0 Å². The zero-order valence-electron chi connectivity index (χ0n) is 12.2. The number of methoxy groups -OCH3 is 1. The number of anilines is 1. The van der Waals surface area contributed by atoms with E-state index in [2.05, 4.69) is 16.5 Å². The van der Waals surface area contributed by atoms with Gasteiger partial charge in [-0.3, -0.25) is 9.80 Å². The summed E-state index contributed by atoms with van der Waals surface area (Å²) < 4.78 is 5.11. The molecule has 1 heterocycles. The van der Waals surface area contributed by atoms with E-state index in [1.54, 1.807) is 24.3 Å². The Morgan fingerprint density at radius 1 is 1.55 bits per heavy atom. The number of carbonyl (C=O) groups excluding carboxylic acids is 2. The van der Waals surface area contributed by atoms with Gasteiger partial charge in [0.25, 0.3) is 5.91 Å². The number of benzene rings is 1. The summed E-state index contributed by atoms with van der Waals surface area (Å²) in [5, 5.41) is 17.4. The molecular formula is C15H16N4O3. The Morgan fingerprint density at radius 2 is 2.27 bits per heavy atom. The van der Waals surface area contributed by atoms with Crippen LogP contribution in [0.25, 0.3) is 0 Å². The van der Waals surface area contributed by atoms with Crippen LogP contribution in [0, 0.1) is 11.3 Å². The van der Waals surface area contributed by atoms with Crippen LogP contribution in [0.15, 0.2) is 29.4 Å². The third-order valence-corrected chi connectivity index (χ3v) is 3.28. The fourth-order valence-electron chi connectivity index (χ4n) is 2.20. The predicted octanol–water partition coefficient (Wildman–Crippen LogP) is 0.859. The van der Waals surface area contributed by atoms with E-state index < -0.39 is 0 Å². The Hall–Kier alpha value is -2.88. The second kappa shape index (κ2) is 7.22. The molecule has 0 bridgehead atoms. The van der Waals surface area contributed by atoms with Crippen molar-refractivity contribution in [2.75, 3.05) is 18.7 Å². The van der Waals surface area contributed by atoms with E-state index in [1.807, 2.05) is 12.1 Å². The van der Waals surface area contributed by atoms with Crippen LogP contribution in [0.3, 0.4) is 0 Å². The number of hydrogen-bond donors (Lipinski definition) is 1. The minimum Gasteiger partial charge on any atom is -0.497 e. The summed E-state index contributed by atoms with van der Waals surface area (Å²) in [5.74, 6) is 0.332. The Morgan fingerprint density at radius 3 is 2.86 bits per heavy atom. The van der Waals surface area contributed by atoms with E-state index in [0.29, 0.717) is 24.2 Å². The maximum Gasteiger partial charge on any atom is 0.267 e. The molecule has 0 aromatic heterocycles. The fourth-order valence-corrected chi connectivity index (χ4v) is 2.20. The summed E-state index contributed by atoms with van der Waals surface area (Å²) in [6, 6.07) is 9.13. The molecule has 0 spiro atoms. The third-order valence-electron chi connectivity index (χ3n) is 3.28. The van der Waals surface area contributed by atoms with Gasteiger partial charge in [0.2, 0.25) is 0 Å². The van der Waals surface area contributed by atoms with E-state index in [1.165, 1.54) is 0 Å². The first-order valence-electron chi connectivity index (χ1n) is 6.79. The van der Waals surface area contributed by atoms with Crippen LogP contribution in [-0.2, 0) is 9.59 Å². The van der Waals surface area contributed by atoms with E-state index in [4.69, 9.17) is 10.00 Å². The van der Waals surface area contributed by atoms with Gasteiger partial charge in [0.05, 0.1) is 37.9 Å². The number of carbonyl (C=O) groups is 2. The topological polar surface area (TPSA) is 94.8 Å². The summed E-state index contributed by atoms with van der Waals surface area (Å²) in [4.78, 5) is 22.2. The third kappa shape index (κ3) is 3.41. The number of aldehydes is 1. The summed E-state index contributed by atoms with van der Waals surface area (Å²) >= 11 is 0. The second-order valence-electron chi connectivity index (χ2n) is 4.69. The van der Waals surface area contributed by atoms with Crippen molar-refractivity contribution in [1.29, 1.82) is 5.26 Å². The molecule has 1 aliphatic rings. The van der Waals surface area contributed by atoms with Gasteiger partial charge in [-0.1, -0.05) is 0 Å². The molecule has 22 heavy (non-hydrogen) atoms. The van der Waals surface area contributed by atoms with Crippen LogP contribution in [0.4, 0.5) is 5.69 Å². The molecule has 0 fully saturated rings. The summed E-state index contributed by atoms with van der Waals surface area (Å²) in [6.07, 6.45) is 1.23. The number of nitriles is 1. The SMILES string of the molecule is COc1ccc(N2N=C(C(=O)NCC=O)CC2CC#N)cc1. The van der Waals surface area contributed by atoms with E-state index in [0.717, 1.165) is 5.69 Å². The smallest absolute Gasteiger partial charge is 0.267 e. The minimum atomic E-state index is -0.383. The van der Waals surface area contributed by atoms with Gasteiger partial charge in [0.15, 0.2) is 0 Å². The number of hydrazone groups is 1. The molecule has 1 N–H and O–H groups in total. The van der Waals surface area contributed by atoms with Gasteiger partial charge < -0.3 is 14.8 Å². The molecule has 7 nitrogen and oxygen atoms in total. The Kier molecular flexibility index (Phi) is 5.09. The number of nitrogens with zero attached hydrogens (tertiary/aromatic N) is 3. The monoisotopic (exact) mass is 300 g/mol. The van der Waals surface area contributed by atoms with Gasteiger partial charge in [0, 0.05) is 6.42 Å². The van der Waals surface area contributed by atoms with E-state index in [9.17, 15) is 9.59 Å². The average molecular weight is 300 g/mol. The molecule has 0 radical (unpaired) electrons. The van der Waals surface area contributed by atoms with Crippen molar-refractivity contribution in [3.63, 3.8) is 0 Å². The van der Waals surface area contributed by atoms with Crippen molar-refractivity contribution in [3.8, 4) is 11.8 Å². The van der Waals surface area contributed by atoms with Crippen molar-refractivity contribution in [3.05, 3.63) is 24.3 Å². The number of rotatable bonds is 6. The molecule has 1 amide bonds. The number of nitrogens with one attached hydrogen (secondary N) is 1. The highest BCUT2D eigenvalue weighted by Gasteiger charge is 2.30. The van der Waals surface area contributed by atoms with E-state index in [-0.39, 0.29) is 24.9 Å². The molecule has 1 unspecified atom stereocenters. The Balaban J connectivity index is 2.20. The maximum atomic E-state index is 11.9. The molecular weight excluding hydrogens is 284 g/mol. The number of hydrogen-bond acceptors (Lipinski definition) is 6. The fraction of sp³-hybridized carbons (Fsp3) is 0.333. The van der Waals surface area contributed by atoms with Crippen molar-refractivity contribution in [2.24, 2.45) is 5.10 Å². The molecule has 1 aromatic rings. The summed E-state index contributed by atoms with van der Waals surface area (Å²) in [6.45, 7) is -0.0523. The van der Waals surface area contributed by atoms with Crippen molar-refractivity contribution < 1.29 is 14.3 Å². The number of amides is 1. The van der Waals surface area contributed by atoms with Crippen molar-refractivity contribution >= 4 is 23.6 Å². The lowest BCUT2D eigenvalue weighted by atomic mass is 10.1. The highest BCUT2D eigenvalue weighted by atomic mass is 16.5. The Bertz CT molecular complexity index is 619. The zero-order chi connectivity index (χ0) is 15.9. The number of ether oxygens (including phenoxy) is 1. The van der Waals surface area contributed by atoms with Gasteiger partial charge in [0.1, 0.15) is 17.7 Å². The van der Waals surface area contributed by atoms with Crippen molar-refractivity contribution in [1.82, 2.24) is 5.32 Å². The normalized spacial score (nSPS) is 16.6. The molecule has 0 saturated heterocycles. The first-order valence-corrected chi connectivity index (χ1v) is 6.79. The molecule has 0 saturated carbocycles.